The van der Waals surface area contributed by atoms with E-state index in [4.69, 9.17) is 4.74 Å². The molecular formula is C24H24N2O4. The molecule has 0 radical (unpaired) electrons. The number of fused-ring (bicyclic) bond motifs is 1. The van der Waals surface area contributed by atoms with Crippen LogP contribution in [0.25, 0.3) is 10.8 Å². The Labute approximate surface area is 175 Å². The third-order valence-corrected chi connectivity index (χ3v) is 4.64. The Bertz CT molecular complexity index is 1060. The van der Waals surface area contributed by atoms with E-state index in [0.29, 0.717) is 5.69 Å². The Kier molecular flexibility index (Phi) is 7.16. The lowest BCUT2D eigenvalue weighted by Gasteiger charge is -2.09. The SMILES string of the molecule is CCc1cccc(NC(=O)COC(=O)CNC(=O)Cc2cccc3ccccc23)c1. The second-order valence-electron chi connectivity index (χ2n) is 6.85. The summed E-state index contributed by atoms with van der Waals surface area (Å²) >= 11 is 0. The number of esters is 1. The molecule has 0 aliphatic carbocycles. The van der Waals surface area contributed by atoms with Crippen LogP contribution in [-0.2, 0) is 32.0 Å². The number of nitrogens with one attached hydrogen (secondary N) is 2. The van der Waals surface area contributed by atoms with Gasteiger partial charge in [0.15, 0.2) is 6.61 Å². The number of benzene rings is 3. The van der Waals surface area contributed by atoms with E-state index in [2.05, 4.69) is 10.6 Å². The van der Waals surface area contributed by atoms with Crippen molar-refractivity contribution >= 4 is 34.2 Å². The highest BCUT2D eigenvalue weighted by atomic mass is 16.5. The topological polar surface area (TPSA) is 84.5 Å². The Hall–Kier alpha value is -3.67. The van der Waals surface area contributed by atoms with Gasteiger partial charge in [0, 0.05) is 5.69 Å². The van der Waals surface area contributed by atoms with E-state index < -0.39 is 18.5 Å². The number of carbonyl (C=O) groups is 3. The van der Waals surface area contributed by atoms with Crippen LogP contribution < -0.4 is 10.6 Å². The number of amides is 2. The Morgan fingerprint density at radius 1 is 0.900 bits per heavy atom. The van der Waals surface area contributed by atoms with Crippen molar-refractivity contribution < 1.29 is 19.1 Å². The summed E-state index contributed by atoms with van der Waals surface area (Å²) in [6, 6.07) is 21.0. The largest absolute Gasteiger partial charge is 0.454 e. The van der Waals surface area contributed by atoms with E-state index in [9.17, 15) is 14.4 Å². The van der Waals surface area contributed by atoms with Crippen LogP contribution in [0.2, 0.25) is 0 Å². The number of hydrogen-bond donors (Lipinski definition) is 2. The molecule has 0 fully saturated rings. The van der Waals surface area contributed by atoms with E-state index in [1.54, 1.807) is 6.07 Å². The molecule has 6 nitrogen and oxygen atoms in total. The fraction of sp³-hybridized carbons (Fsp3) is 0.208. The quantitative estimate of drug-likeness (QED) is 0.565. The van der Waals surface area contributed by atoms with E-state index in [-0.39, 0.29) is 18.9 Å². The Morgan fingerprint density at radius 2 is 1.67 bits per heavy atom. The third kappa shape index (κ3) is 5.91. The number of carbonyl (C=O) groups excluding carboxylic acids is 3. The van der Waals surface area contributed by atoms with Gasteiger partial charge in [-0.15, -0.1) is 0 Å². The molecule has 0 unspecified atom stereocenters. The molecule has 0 saturated carbocycles. The molecule has 0 aromatic heterocycles. The lowest BCUT2D eigenvalue weighted by Crippen LogP contribution is -2.33. The van der Waals surface area contributed by atoms with Crippen LogP contribution in [0.15, 0.2) is 66.7 Å². The number of aryl methyl sites for hydroxylation is 1. The highest BCUT2D eigenvalue weighted by molar-refractivity contribution is 5.94. The Balaban J connectivity index is 1.42. The minimum Gasteiger partial charge on any atom is -0.454 e. The molecule has 0 spiro atoms. The van der Waals surface area contributed by atoms with Gasteiger partial charge in [-0.1, -0.05) is 61.5 Å². The van der Waals surface area contributed by atoms with E-state index >= 15 is 0 Å². The van der Waals surface area contributed by atoms with Gasteiger partial charge in [0.25, 0.3) is 5.91 Å². The molecule has 0 atom stereocenters. The van der Waals surface area contributed by atoms with Crippen molar-refractivity contribution in [3.8, 4) is 0 Å². The van der Waals surface area contributed by atoms with E-state index in [1.165, 1.54) is 0 Å². The minimum absolute atomic E-state index is 0.156. The maximum atomic E-state index is 12.2. The third-order valence-electron chi connectivity index (χ3n) is 4.64. The molecule has 2 N–H and O–H groups in total. The fourth-order valence-corrected chi connectivity index (χ4v) is 3.12. The summed E-state index contributed by atoms with van der Waals surface area (Å²) in [4.78, 5) is 36.0. The zero-order chi connectivity index (χ0) is 21.3. The van der Waals surface area contributed by atoms with Gasteiger partial charge in [-0.25, -0.2) is 0 Å². The maximum Gasteiger partial charge on any atom is 0.325 e. The van der Waals surface area contributed by atoms with Crippen LogP contribution in [0.5, 0.6) is 0 Å². The van der Waals surface area contributed by atoms with Gasteiger partial charge in [-0.3, -0.25) is 14.4 Å². The number of hydrogen-bond acceptors (Lipinski definition) is 4. The lowest BCUT2D eigenvalue weighted by atomic mass is 10.0. The van der Waals surface area contributed by atoms with Crippen molar-refractivity contribution in [2.75, 3.05) is 18.5 Å². The summed E-state index contributed by atoms with van der Waals surface area (Å²) in [5.41, 5.74) is 2.63. The zero-order valence-electron chi connectivity index (χ0n) is 16.8. The lowest BCUT2D eigenvalue weighted by molar-refractivity contribution is -0.147. The molecule has 0 aliphatic heterocycles. The number of rotatable bonds is 8. The average Bonchev–Trinajstić information content (AvgIpc) is 2.76. The van der Waals surface area contributed by atoms with Crippen LogP contribution in [0.4, 0.5) is 5.69 Å². The van der Waals surface area contributed by atoms with E-state index in [1.807, 2.05) is 67.6 Å². The van der Waals surface area contributed by atoms with Gasteiger partial charge in [0.1, 0.15) is 6.54 Å². The highest BCUT2D eigenvalue weighted by Crippen LogP contribution is 2.18. The standard InChI is InChI=1S/C24H24N2O4/c1-2-17-7-5-11-20(13-17)26-23(28)16-30-24(29)15-25-22(27)14-19-10-6-9-18-8-3-4-12-21(18)19/h3-13H,2,14-16H2,1H3,(H,25,27)(H,26,28). The smallest absolute Gasteiger partial charge is 0.325 e. The monoisotopic (exact) mass is 404 g/mol. The first-order valence-electron chi connectivity index (χ1n) is 9.83. The van der Waals surface area contributed by atoms with E-state index in [0.717, 1.165) is 28.3 Å². The molecule has 0 bridgehead atoms. The summed E-state index contributed by atoms with van der Waals surface area (Å²) in [7, 11) is 0. The molecule has 6 heteroatoms. The molecule has 3 aromatic rings. The zero-order valence-corrected chi connectivity index (χ0v) is 16.8. The van der Waals surface area contributed by atoms with Crippen LogP contribution in [0, 0.1) is 0 Å². The van der Waals surface area contributed by atoms with Gasteiger partial charge in [-0.2, -0.15) is 0 Å². The van der Waals surface area contributed by atoms with Gasteiger partial charge in [0.05, 0.1) is 6.42 Å². The fourth-order valence-electron chi connectivity index (χ4n) is 3.12. The summed E-state index contributed by atoms with van der Waals surface area (Å²) in [6.07, 6.45) is 1.01. The van der Waals surface area contributed by atoms with Crippen LogP contribution in [-0.4, -0.2) is 30.9 Å². The van der Waals surface area contributed by atoms with Crippen molar-refractivity contribution in [2.45, 2.75) is 19.8 Å². The molecule has 30 heavy (non-hydrogen) atoms. The molecule has 0 heterocycles. The first-order valence-corrected chi connectivity index (χ1v) is 9.83. The minimum atomic E-state index is -0.668. The van der Waals surface area contributed by atoms with Crippen molar-refractivity contribution in [2.24, 2.45) is 0 Å². The first-order chi connectivity index (χ1) is 14.5. The highest BCUT2D eigenvalue weighted by Gasteiger charge is 2.11. The summed E-state index contributed by atoms with van der Waals surface area (Å²) in [6.45, 7) is 1.33. The molecule has 3 rings (SSSR count). The summed E-state index contributed by atoms with van der Waals surface area (Å²) < 4.78 is 4.94. The molecule has 2 amide bonds. The van der Waals surface area contributed by atoms with Crippen molar-refractivity contribution in [3.63, 3.8) is 0 Å². The average molecular weight is 404 g/mol. The summed E-state index contributed by atoms with van der Waals surface area (Å²) in [5.74, 6) is -1.39. The van der Waals surface area contributed by atoms with Crippen LogP contribution in [0.3, 0.4) is 0 Å². The van der Waals surface area contributed by atoms with Crippen LogP contribution >= 0.6 is 0 Å². The molecule has 154 valence electrons. The normalized spacial score (nSPS) is 10.4. The van der Waals surface area contributed by atoms with Crippen molar-refractivity contribution in [1.29, 1.82) is 0 Å². The second kappa shape index (κ2) is 10.2. The predicted octanol–water partition coefficient (Wildman–Crippen LogP) is 3.24. The summed E-state index contributed by atoms with van der Waals surface area (Å²) in [5, 5.41) is 7.28. The number of ether oxygens (including phenoxy) is 1. The number of anilines is 1. The predicted molar refractivity (Wildman–Crippen MR) is 116 cm³/mol. The molecule has 0 aliphatic rings. The maximum absolute atomic E-state index is 12.2. The van der Waals surface area contributed by atoms with Crippen molar-refractivity contribution in [3.05, 3.63) is 77.9 Å². The van der Waals surface area contributed by atoms with Gasteiger partial charge >= 0.3 is 5.97 Å². The van der Waals surface area contributed by atoms with Gasteiger partial charge in [-0.05, 0) is 40.5 Å². The van der Waals surface area contributed by atoms with Crippen LogP contribution in [0.1, 0.15) is 18.1 Å². The van der Waals surface area contributed by atoms with Gasteiger partial charge in [0.2, 0.25) is 5.91 Å². The molecule has 3 aromatic carbocycles. The first kappa shape index (κ1) is 21.0. The second-order valence-corrected chi connectivity index (χ2v) is 6.85. The van der Waals surface area contributed by atoms with Gasteiger partial charge < -0.3 is 15.4 Å². The molecular weight excluding hydrogens is 380 g/mol. The van der Waals surface area contributed by atoms with Crippen molar-refractivity contribution in [1.82, 2.24) is 5.32 Å². The Morgan fingerprint density at radius 3 is 2.50 bits per heavy atom. The molecule has 0 saturated heterocycles.